The van der Waals surface area contributed by atoms with Gasteiger partial charge in [0.15, 0.2) is 6.04 Å². The second-order valence-electron chi connectivity index (χ2n) is 4.72. The van der Waals surface area contributed by atoms with Gasteiger partial charge in [0.2, 0.25) is 0 Å². The van der Waals surface area contributed by atoms with Gasteiger partial charge in [0.1, 0.15) is 5.71 Å². The number of rotatable bonds is 4. The SMILES string of the molecule is CCOC(=O)C1=NN(c2cccc(C(F)(F)F)c2)C(C(=O)O)C1. The summed E-state index contributed by atoms with van der Waals surface area (Å²) in [5.41, 5.74) is -1.14. The van der Waals surface area contributed by atoms with Gasteiger partial charge in [0.25, 0.3) is 0 Å². The molecule has 0 amide bonds. The number of carbonyl (C=O) groups excluding carboxylic acids is 1. The summed E-state index contributed by atoms with van der Waals surface area (Å²) < 4.78 is 43.1. The van der Waals surface area contributed by atoms with Crippen molar-refractivity contribution in [3.05, 3.63) is 29.8 Å². The molecule has 0 saturated heterocycles. The largest absolute Gasteiger partial charge is 0.480 e. The monoisotopic (exact) mass is 330 g/mol. The van der Waals surface area contributed by atoms with Crippen LogP contribution in [0.5, 0.6) is 0 Å². The second-order valence-corrected chi connectivity index (χ2v) is 4.72. The lowest BCUT2D eigenvalue weighted by molar-refractivity contribution is -0.138. The third-order valence-corrected chi connectivity index (χ3v) is 3.14. The lowest BCUT2D eigenvalue weighted by atomic mass is 10.1. The van der Waals surface area contributed by atoms with Crippen LogP contribution in [0.1, 0.15) is 18.9 Å². The average molecular weight is 330 g/mol. The Balaban J connectivity index is 2.38. The molecule has 1 aliphatic rings. The van der Waals surface area contributed by atoms with Gasteiger partial charge in [-0.15, -0.1) is 0 Å². The van der Waals surface area contributed by atoms with E-state index in [1.54, 1.807) is 6.92 Å². The summed E-state index contributed by atoms with van der Waals surface area (Å²) >= 11 is 0. The van der Waals surface area contributed by atoms with Gasteiger partial charge in [0.05, 0.1) is 17.9 Å². The Morgan fingerprint density at radius 3 is 2.70 bits per heavy atom. The molecule has 2 rings (SSSR count). The first-order valence-corrected chi connectivity index (χ1v) is 6.68. The highest BCUT2D eigenvalue weighted by Gasteiger charge is 2.38. The van der Waals surface area contributed by atoms with E-state index in [2.05, 4.69) is 5.10 Å². The number of halogens is 3. The zero-order chi connectivity index (χ0) is 17.2. The van der Waals surface area contributed by atoms with Crippen LogP contribution in [0.2, 0.25) is 0 Å². The van der Waals surface area contributed by atoms with Gasteiger partial charge in [-0.3, -0.25) is 5.01 Å². The Bertz CT molecular complexity index is 658. The minimum Gasteiger partial charge on any atom is -0.480 e. The number of carboxylic acids is 1. The summed E-state index contributed by atoms with van der Waals surface area (Å²) in [5.74, 6) is -2.08. The molecule has 0 radical (unpaired) electrons. The molecule has 0 spiro atoms. The minimum absolute atomic E-state index is 0.0634. The van der Waals surface area contributed by atoms with E-state index in [1.165, 1.54) is 6.07 Å². The van der Waals surface area contributed by atoms with Crippen molar-refractivity contribution in [1.82, 2.24) is 0 Å². The van der Waals surface area contributed by atoms with Crippen LogP contribution in [0.15, 0.2) is 29.4 Å². The summed E-state index contributed by atoms with van der Waals surface area (Å²) in [5, 5.41) is 13.9. The molecule has 1 heterocycles. The molecule has 1 aromatic carbocycles. The number of alkyl halides is 3. The Labute approximate surface area is 129 Å². The normalized spacial score (nSPS) is 17.8. The van der Waals surface area contributed by atoms with Gasteiger partial charge in [-0.1, -0.05) is 6.07 Å². The Morgan fingerprint density at radius 1 is 1.43 bits per heavy atom. The van der Waals surface area contributed by atoms with Crippen LogP contribution in [-0.4, -0.2) is 35.4 Å². The molecule has 1 aromatic rings. The second kappa shape index (κ2) is 6.27. The number of hydrogen-bond acceptors (Lipinski definition) is 5. The lowest BCUT2D eigenvalue weighted by Gasteiger charge is -2.21. The third kappa shape index (κ3) is 3.61. The van der Waals surface area contributed by atoms with Crippen molar-refractivity contribution >= 4 is 23.3 Å². The smallest absolute Gasteiger partial charge is 0.416 e. The van der Waals surface area contributed by atoms with Gasteiger partial charge in [-0.25, -0.2) is 9.59 Å². The zero-order valence-corrected chi connectivity index (χ0v) is 12.0. The van der Waals surface area contributed by atoms with Gasteiger partial charge >= 0.3 is 18.1 Å². The molecule has 0 fully saturated rings. The molecule has 6 nitrogen and oxygen atoms in total. The zero-order valence-electron chi connectivity index (χ0n) is 12.0. The van der Waals surface area contributed by atoms with E-state index in [9.17, 15) is 27.9 Å². The summed E-state index contributed by atoms with van der Waals surface area (Å²) in [6, 6.07) is 2.83. The highest BCUT2D eigenvalue weighted by molar-refractivity contribution is 6.38. The Hall–Kier alpha value is -2.58. The van der Waals surface area contributed by atoms with Crippen molar-refractivity contribution in [3.8, 4) is 0 Å². The molecule has 124 valence electrons. The van der Waals surface area contributed by atoms with Gasteiger partial charge in [-0.2, -0.15) is 18.3 Å². The van der Waals surface area contributed by atoms with Crippen molar-refractivity contribution in [3.63, 3.8) is 0 Å². The van der Waals surface area contributed by atoms with Crippen LogP contribution >= 0.6 is 0 Å². The van der Waals surface area contributed by atoms with Crippen molar-refractivity contribution in [2.45, 2.75) is 25.6 Å². The molecule has 0 bridgehead atoms. The fourth-order valence-electron chi connectivity index (χ4n) is 2.10. The molecule has 23 heavy (non-hydrogen) atoms. The van der Waals surface area contributed by atoms with Gasteiger partial charge in [-0.05, 0) is 25.1 Å². The number of carboxylic acid groups (broad SMARTS) is 1. The van der Waals surface area contributed by atoms with E-state index in [4.69, 9.17) is 4.74 Å². The number of nitrogens with zero attached hydrogens (tertiary/aromatic N) is 2. The van der Waals surface area contributed by atoms with Crippen molar-refractivity contribution < 1.29 is 32.6 Å². The van der Waals surface area contributed by atoms with Crippen LogP contribution in [0, 0.1) is 0 Å². The first-order chi connectivity index (χ1) is 10.7. The molecule has 0 aromatic heterocycles. The van der Waals surface area contributed by atoms with E-state index < -0.39 is 29.7 Å². The van der Waals surface area contributed by atoms with Crippen molar-refractivity contribution in [1.29, 1.82) is 0 Å². The van der Waals surface area contributed by atoms with Crippen LogP contribution in [0.25, 0.3) is 0 Å². The topological polar surface area (TPSA) is 79.2 Å². The molecule has 1 unspecified atom stereocenters. The molecule has 9 heteroatoms. The molecule has 1 atom stereocenters. The van der Waals surface area contributed by atoms with E-state index >= 15 is 0 Å². The summed E-state index contributed by atoms with van der Waals surface area (Å²) in [6.45, 7) is 1.66. The number of esters is 1. The number of anilines is 1. The maximum atomic E-state index is 12.8. The summed E-state index contributed by atoms with van der Waals surface area (Å²) in [7, 11) is 0. The molecular formula is C14H13F3N2O4. The van der Waals surface area contributed by atoms with Crippen LogP contribution in [0.4, 0.5) is 18.9 Å². The quantitative estimate of drug-likeness (QED) is 0.857. The van der Waals surface area contributed by atoms with Gasteiger partial charge in [0, 0.05) is 6.42 Å². The molecular weight excluding hydrogens is 317 g/mol. The Morgan fingerprint density at radius 2 is 2.13 bits per heavy atom. The predicted molar refractivity (Wildman–Crippen MR) is 74.0 cm³/mol. The fraction of sp³-hybridized carbons (Fsp3) is 0.357. The molecule has 1 aliphatic heterocycles. The van der Waals surface area contributed by atoms with E-state index in [-0.39, 0.29) is 24.4 Å². The number of aliphatic carboxylic acids is 1. The van der Waals surface area contributed by atoms with E-state index in [0.29, 0.717) is 0 Å². The number of hydrogen-bond donors (Lipinski definition) is 1. The number of carbonyl (C=O) groups is 2. The standard InChI is InChI=1S/C14H13F3N2O4/c1-2-23-13(22)10-7-11(12(20)21)19(18-10)9-5-3-4-8(6-9)14(15,16)17/h3-6,11H,2,7H2,1H3,(H,20,21). The number of ether oxygens (including phenoxy) is 1. The van der Waals surface area contributed by atoms with Crippen LogP contribution < -0.4 is 5.01 Å². The average Bonchev–Trinajstić information content (AvgIpc) is 2.92. The maximum Gasteiger partial charge on any atom is 0.416 e. The highest BCUT2D eigenvalue weighted by atomic mass is 19.4. The molecule has 0 aliphatic carbocycles. The van der Waals surface area contributed by atoms with Crippen LogP contribution in [-0.2, 0) is 20.5 Å². The number of hydrazone groups is 1. The van der Waals surface area contributed by atoms with Crippen LogP contribution in [0.3, 0.4) is 0 Å². The summed E-state index contributed by atoms with van der Waals surface area (Å²) in [6.07, 6.45) is -4.81. The maximum absolute atomic E-state index is 12.8. The van der Waals surface area contributed by atoms with Crippen molar-refractivity contribution in [2.75, 3.05) is 11.6 Å². The number of benzene rings is 1. The predicted octanol–water partition coefficient (Wildman–Crippen LogP) is 2.29. The molecule has 1 N–H and O–H groups in total. The highest BCUT2D eigenvalue weighted by Crippen LogP contribution is 2.33. The lowest BCUT2D eigenvalue weighted by Crippen LogP contribution is -2.34. The minimum atomic E-state index is -4.57. The van der Waals surface area contributed by atoms with E-state index in [1.807, 2.05) is 0 Å². The van der Waals surface area contributed by atoms with E-state index in [0.717, 1.165) is 23.2 Å². The fourth-order valence-corrected chi connectivity index (χ4v) is 2.10. The van der Waals surface area contributed by atoms with Gasteiger partial charge < -0.3 is 9.84 Å². The Kier molecular flexibility index (Phi) is 4.57. The third-order valence-electron chi connectivity index (χ3n) is 3.14. The molecule has 0 saturated carbocycles. The van der Waals surface area contributed by atoms with Crippen molar-refractivity contribution in [2.24, 2.45) is 5.10 Å². The summed E-state index contributed by atoms with van der Waals surface area (Å²) in [4.78, 5) is 23.0. The first-order valence-electron chi connectivity index (χ1n) is 6.68. The first kappa shape index (κ1) is 16.8.